The average Bonchev–Trinajstić information content (AvgIpc) is 2.39. The van der Waals surface area contributed by atoms with Crippen LogP contribution in [0.3, 0.4) is 0 Å². The lowest BCUT2D eigenvalue weighted by atomic mass is 10.1. The first-order valence-electron chi connectivity index (χ1n) is 5.68. The Balaban J connectivity index is 2.06. The lowest BCUT2D eigenvalue weighted by Gasteiger charge is -2.09. The molecule has 1 N–H and O–H groups in total. The van der Waals surface area contributed by atoms with Crippen LogP contribution >= 0.6 is 22.6 Å². The molecule has 0 atom stereocenters. The van der Waals surface area contributed by atoms with Crippen LogP contribution in [0.25, 0.3) is 0 Å². The van der Waals surface area contributed by atoms with Crippen LogP contribution in [-0.4, -0.2) is 0 Å². The van der Waals surface area contributed by atoms with E-state index in [2.05, 4.69) is 58.2 Å². The largest absolute Gasteiger partial charge is 0.381 e. The van der Waals surface area contributed by atoms with Gasteiger partial charge in [0.2, 0.25) is 0 Å². The fraction of sp³-hybridized carbons (Fsp3) is 0.133. The molecule has 0 saturated carbocycles. The number of aryl methyl sites for hydroxylation is 1. The van der Waals surface area contributed by atoms with Crippen molar-refractivity contribution in [2.24, 2.45) is 0 Å². The molecule has 2 aromatic rings. The molecule has 0 aliphatic carbocycles. The molecule has 2 aromatic carbocycles. The first kappa shape index (κ1) is 12.9. The van der Waals surface area contributed by atoms with E-state index in [1.165, 1.54) is 9.13 Å². The molecule has 0 spiro atoms. The van der Waals surface area contributed by atoms with E-state index in [0.717, 1.165) is 17.8 Å². The lowest BCUT2D eigenvalue weighted by Crippen LogP contribution is -2.01. The van der Waals surface area contributed by atoms with Crippen LogP contribution in [-0.2, 0) is 6.54 Å². The monoisotopic (exact) mass is 348 g/mol. The summed E-state index contributed by atoms with van der Waals surface area (Å²) in [4.78, 5) is 0. The zero-order valence-electron chi connectivity index (χ0n) is 10.1. The number of benzene rings is 2. The molecular formula is C15H13IN2. The van der Waals surface area contributed by atoms with Crippen LogP contribution < -0.4 is 5.32 Å². The van der Waals surface area contributed by atoms with E-state index in [-0.39, 0.29) is 0 Å². The Kier molecular flexibility index (Phi) is 4.21. The van der Waals surface area contributed by atoms with Crippen molar-refractivity contribution in [1.82, 2.24) is 0 Å². The SMILES string of the molecule is Cc1cc(C#N)ccc1CNc1ccc(I)cc1. The molecule has 2 nitrogen and oxygen atoms in total. The molecule has 0 unspecified atom stereocenters. The van der Waals surface area contributed by atoms with Crippen LogP contribution in [0.4, 0.5) is 5.69 Å². The first-order chi connectivity index (χ1) is 8.69. The zero-order chi connectivity index (χ0) is 13.0. The van der Waals surface area contributed by atoms with Gasteiger partial charge < -0.3 is 5.32 Å². The first-order valence-corrected chi connectivity index (χ1v) is 6.76. The number of nitriles is 1. The zero-order valence-corrected chi connectivity index (χ0v) is 12.2. The molecule has 0 bridgehead atoms. The Morgan fingerprint density at radius 1 is 1.17 bits per heavy atom. The van der Waals surface area contributed by atoms with E-state index < -0.39 is 0 Å². The van der Waals surface area contributed by atoms with Crippen LogP contribution in [0.1, 0.15) is 16.7 Å². The van der Waals surface area contributed by atoms with Gasteiger partial charge in [-0.2, -0.15) is 5.26 Å². The Morgan fingerprint density at radius 2 is 1.89 bits per heavy atom. The van der Waals surface area contributed by atoms with Gasteiger partial charge in [0, 0.05) is 15.8 Å². The maximum atomic E-state index is 8.82. The summed E-state index contributed by atoms with van der Waals surface area (Å²) in [5.74, 6) is 0. The maximum Gasteiger partial charge on any atom is 0.0991 e. The predicted octanol–water partition coefficient (Wildman–Crippen LogP) is 4.08. The van der Waals surface area contributed by atoms with Crippen LogP contribution in [0.2, 0.25) is 0 Å². The number of nitrogens with zero attached hydrogens (tertiary/aromatic N) is 1. The number of anilines is 1. The fourth-order valence-electron chi connectivity index (χ4n) is 1.73. The Labute approximate surface area is 121 Å². The second-order valence-electron chi connectivity index (χ2n) is 4.11. The summed E-state index contributed by atoms with van der Waals surface area (Å²) < 4.78 is 1.23. The number of rotatable bonds is 3. The molecule has 0 amide bonds. The third kappa shape index (κ3) is 3.23. The molecule has 0 aliphatic heterocycles. The van der Waals surface area contributed by atoms with Gasteiger partial charge in [0.25, 0.3) is 0 Å². The van der Waals surface area contributed by atoms with E-state index in [9.17, 15) is 0 Å². The molecule has 0 radical (unpaired) electrons. The van der Waals surface area contributed by atoms with Crippen molar-refractivity contribution in [2.75, 3.05) is 5.32 Å². The van der Waals surface area contributed by atoms with Gasteiger partial charge in [-0.15, -0.1) is 0 Å². The Hall–Kier alpha value is -1.54. The molecule has 2 rings (SSSR count). The molecule has 3 heteroatoms. The smallest absolute Gasteiger partial charge is 0.0991 e. The summed E-state index contributed by atoms with van der Waals surface area (Å²) >= 11 is 2.29. The lowest BCUT2D eigenvalue weighted by molar-refractivity contribution is 1.12. The number of halogens is 1. The number of hydrogen-bond donors (Lipinski definition) is 1. The molecular weight excluding hydrogens is 335 g/mol. The van der Waals surface area contributed by atoms with Gasteiger partial charge in [0.05, 0.1) is 11.6 Å². The van der Waals surface area contributed by atoms with Gasteiger partial charge in [-0.3, -0.25) is 0 Å². The summed E-state index contributed by atoms with van der Waals surface area (Å²) in [6.07, 6.45) is 0. The second-order valence-corrected chi connectivity index (χ2v) is 5.36. The third-order valence-corrected chi connectivity index (χ3v) is 3.52. The Morgan fingerprint density at radius 3 is 2.50 bits per heavy atom. The second kappa shape index (κ2) is 5.87. The summed E-state index contributed by atoms with van der Waals surface area (Å²) in [6.45, 7) is 2.81. The van der Waals surface area contributed by atoms with Crippen molar-refractivity contribution in [3.05, 3.63) is 62.7 Å². The van der Waals surface area contributed by atoms with Gasteiger partial charge in [-0.05, 0) is 77.0 Å². The van der Waals surface area contributed by atoms with E-state index in [0.29, 0.717) is 5.56 Å². The van der Waals surface area contributed by atoms with Crippen molar-refractivity contribution in [2.45, 2.75) is 13.5 Å². The molecule has 0 saturated heterocycles. The Bertz CT molecular complexity index is 582. The third-order valence-electron chi connectivity index (χ3n) is 2.80. The summed E-state index contributed by atoms with van der Waals surface area (Å²) in [5, 5.41) is 12.2. The minimum Gasteiger partial charge on any atom is -0.381 e. The highest BCUT2D eigenvalue weighted by molar-refractivity contribution is 14.1. The van der Waals surface area contributed by atoms with Gasteiger partial charge in [0.15, 0.2) is 0 Å². The van der Waals surface area contributed by atoms with Crippen LogP contribution in [0, 0.1) is 21.8 Å². The molecule has 18 heavy (non-hydrogen) atoms. The quantitative estimate of drug-likeness (QED) is 0.849. The molecule has 0 aliphatic rings. The van der Waals surface area contributed by atoms with E-state index >= 15 is 0 Å². The minimum absolute atomic E-state index is 0.713. The number of nitrogens with one attached hydrogen (secondary N) is 1. The van der Waals surface area contributed by atoms with Gasteiger partial charge >= 0.3 is 0 Å². The highest BCUT2D eigenvalue weighted by atomic mass is 127. The highest BCUT2D eigenvalue weighted by Crippen LogP contribution is 2.15. The van der Waals surface area contributed by atoms with Crippen molar-refractivity contribution < 1.29 is 0 Å². The highest BCUT2D eigenvalue weighted by Gasteiger charge is 2.00. The van der Waals surface area contributed by atoms with Gasteiger partial charge in [-0.1, -0.05) is 6.07 Å². The predicted molar refractivity (Wildman–Crippen MR) is 82.4 cm³/mol. The molecule has 0 aromatic heterocycles. The van der Waals surface area contributed by atoms with Crippen LogP contribution in [0.5, 0.6) is 0 Å². The topological polar surface area (TPSA) is 35.8 Å². The van der Waals surface area contributed by atoms with E-state index in [1.54, 1.807) is 0 Å². The van der Waals surface area contributed by atoms with Crippen molar-refractivity contribution in [3.63, 3.8) is 0 Å². The van der Waals surface area contributed by atoms with Crippen molar-refractivity contribution >= 4 is 28.3 Å². The fourth-order valence-corrected chi connectivity index (χ4v) is 2.09. The normalized spacial score (nSPS) is 9.83. The average molecular weight is 348 g/mol. The van der Waals surface area contributed by atoms with Gasteiger partial charge in [0.1, 0.15) is 0 Å². The standard InChI is InChI=1S/C15H13IN2/c1-11-8-12(9-17)2-3-13(11)10-18-15-6-4-14(16)5-7-15/h2-8,18H,10H2,1H3. The molecule has 0 heterocycles. The summed E-state index contributed by atoms with van der Waals surface area (Å²) in [5.41, 5.74) is 4.18. The summed E-state index contributed by atoms with van der Waals surface area (Å²) in [7, 11) is 0. The molecule has 0 fully saturated rings. The summed E-state index contributed by atoms with van der Waals surface area (Å²) in [6, 6.07) is 16.2. The maximum absolute atomic E-state index is 8.82. The van der Waals surface area contributed by atoms with Crippen LogP contribution in [0.15, 0.2) is 42.5 Å². The van der Waals surface area contributed by atoms with E-state index in [1.807, 2.05) is 25.1 Å². The van der Waals surface area contributed by atoms with Gasteiger partial charge in [-0.25, -0.2) is 0 Å². The number of hydrogen-bond acceptors (Lipinski definition) is 2. The molecule has 90 valence electrons. The van der Waals surface area contributed by atoms with Crippen molar-refractivity contribution in [1.29, 1.82) is 5.26 Å². The van der Waals surface area contributed by atoms with E-state index in [4.69, 9.17) is 5.26 Å². The van der Waals surface area contributed by atoms with Crippen molar-refractivity contribution in [3.8, 4) is 6.07 Å². The minimum atomic E-state index is 0.713.